The molecule has 146 valence electrons. The lowest BCUT2D eigenvalue weighted by Gasteiger charge is -2.13. The fraction of sp³-hybridized carbons (Fsp3) is 0.318. The van der Waals surface area contributed by atoms with Crippen LogP contribution in [0.15, 0.2) is 41.3 Å². The van der Waals surface area contributed by atoms with E-state index < -0.39 is 10.0 Å². The second-order valence-corrected chi connectivity index (χ2v) is 8.92. The van der Waals surface area contributed by atoms with Gasteiger partial charge in [-0.15, -0.1) is 0 Å². The topological polar surface area (TPSA) is 79.0 Å². The minimum Gasteiger partial charge on any atom is -0.358 e. The van der Waals surface area contributed by atoms with Gasteiger partial charge in [-0.1, -0.05) is 26.0 Å². The number of carbonyl (C=O) groups is 1. The summed E-state index contributed by atoms with van der Waals surface area (Å²) in [5.74, 6) is 0.139. The van der Waals surface area contributed by atoms with Gasteiger partial charge in [0, 0.05) is 34.3 Å². The summed E-state index contributed by atoms with van der Waals surface area (Å²) in [6.07, 6.45) is 3.61. The summed E-state index contributed by atoms with van der Waals surface area (Å²) in [4.78, 5) is 15.9. The highest BCUT2D eigenvalue weighted by molar-refractivity contribution is 7.92. The van der Waals surface area contributed by atoms with Crippen LogP contribution in [0.25, 0.3) is 10.9 Å². The highest BCUT2D eigenvalue weighted by atomic mass is 32.2. The van der Waals surface area contributed by atoms with Crippen LogP contribution in [-0.2, 0) is 29.3 Å². The number of nitrogens with one attached hydrogen (secondary N) is 2. The van der Waals surface area contributed by atoms with Crippen molar-refractivity contribution in [1.82, 2.24) is 4.98 Å². The van der Waals surface area contributed by atoms with Crippen LogP contribution < -0.4 is 4.72 Å². The summed E-state index contributed by atoms with van der Waals surface area (Å²) in [6.45, 7) is 3.96. The molecule has 3 aromatic rings. The normalized spacial score (nSPS) is 14.3. The van der Waals surface area contributed by atoms with E-state index in [4.69, 9.17) is 0 Å². The van der Waals surface area contributed by atoms with Crippen molar-refractivity contribution >= 4 is 32.4 Å². The highest BCUT2D eigenvalue weighted by Gasteiger charge is 2.26. The number of ketones is 1. The van der Waals surface area contributed by atoms with Crippen LogP contribution >= 0.6 is 0 Å². The maximum absolute atomic E-state index is 13.1. The molecule has 6 heteroatoms. The second-order valence-electron chi connectivity index (χ2n) is 7.27. The molecule has 2 aromatic carbocycles. The average Bonchev–Trinajstić information content (AvgIpc) is 3.05. The van der Waals surface area contributed by atoms with Crippen LogP contribution in [-0.4, -0.2) is 19.2 Å². The Morgan fingerprint density at radius 2 is 1.89 bits per heavy atom. The lowest BCUT2D eigenvalue weighted by atomic mass is 9.94. The minimum absolute atomic E-state index is 0.139. The van der Waals surface area contributed by atoms with E-state index in [2.05, 4.69) is 9.71 Å². The molecule has 0 spiro atoms. The molecule has 4 rings (SSSR count). The number of sulfonamides is 1. The third-order valence-electron chi connectivity index (χ3n) is 5.42. The Morgan fingerprint density at radius 1 is 1.07 bits per heavy atom. The van der Waals surface area contributed by atoms with Gasteiger partial charge in [0.15, 0.2) is 5.78 Å². The molecule has 5 nitrogen and oxygen atoms in total. The SMILES string of the molecule is CCc1cccc(NS(=O)(=O)c2cc3[nH]c4c(c3cc2CC)C(=O)CCC4)c1. The van der Waals surface area contributed by atoms with Crippen LogP contribution in [0.1, 0.15) is 53.9 Å². The van der Waals surface area contributed by atoms with E-state index in [9.17, 15) is 13.2 Å². The van der Waals surface area contributed by atoms with Gasteiger partial charge in [0.05, 0.1) is 4.90 Å². The molecular weight excluding hydrogens is 372 g/mol. The zero-order valence-electron chi connectivity index (χ0n) is 16.1. The maximum Gasteiger partial charge on any atom is 0.262 e. The Kier molecular flexibility index (Phi) is 4.75. The number of hydrogen-bond donors (Lipinski definition) is 2. The predicted molar refractivity (Wildman–Crippen MR) is 112 cm³/mol. The largest absolute Gasteiger partial charge is 0.358 e. The molecule has 0 bridgehead atoms. The monoisotopic (exact) mass is 396 g/mol. The van der Waals surface area contributed by atoms with Crippen molar-refractivity contribution in [2.45, 2.75) is 50.8 Å². The highest BCUT2D eigenvalue weighted by Crippen LogP contribution is 2.33. The lowest BCUT2D eigenvalue weighted by molar-refractivity contribution is 0.0974. The summed E-state index contributed by atoms with van der Waals surface area (Å²) < 4.78 is 29.0. The van der Waals surface area contributed by atoms with Crippen LogP contribution in [0.2, 0.25) is 0 Å². The summed E-state index contributed by atoms with van der Waals surface area (Å²) in [7, 11) is -3.74. The number of hydrogen-bond acceptors (Lipinski definition) is 3. The number of fused-ring (bicyclic) bond motifs is 3. The van der Waals surface area contributed by atoms with E-state index in [-0.39, 0.29) is 10.7 Å². The van der Waals surface area contributed by atoms with E-state index in [1.165, 1.54) is 0 Å². The van der Waals surface area contributed by atoms with Gasteiger partial charge in [-0.05, 0) is 61.1 Å². The fourth-order valence-corrected chi connectivity index (χ4v) is 5.34. The quantitative estimate of drug-likeness (QED) is 0.661. The minimum atomic E-state index is -3.74. The average molecular weight is 397 g/mol. The van der Waals surface area contributed by atoms with Crippen LogP contribution in [0.3, 0.4) is 0 Å². The number of benzene rings is 2. The van der Waals surface area contributed by atoms with Crippen molar-refractivity contribution in [2.24, 2.45) is 0 Å². The Hall–Kier alpha value is -2.60. The summed E-state index contributed by atoms with van der Waals surface area (Å²) in [6, 6.07) is 11.0. The van der Waals surface area contributed by atoms with Crippen LogP contribution in [0.5, 0.6) is 0 Å². The van der Waals surface area contributed by atoms with Crippen LogP contribution in [0.4, 0.5) is 5.69 Å². The molecule has 0 amide bonds. The summed E-state index contributed by atoms with van der Waals surface area (Å²) >= 11 is 0. The lowest BCUT2D eigenvalue weighted by Crippen LogP contribution is -2.15. The Labute approximate surface area is 165 Å². The van der Waals surface area contributed by atoms with Crippen molar-refractivity contribution in [3.63, 3.8) is 0 Å². The molecule has 0 aliphatic heterocycles. The molecule has 0 saturated carbocycles. The standard InChI is InChI=1S/C22H24N2O3S/c1-3-14-7-5-8-16(11-14)24-28(26,27)21-13-19-17(12-15(21)4-2)22-18(23-19)9-6-10-20(22)25/h5,7-8,11-13,23-24H,3-4,6,9-10H2,1-2H3. The maximum atomic E-state index is 13.1. The molecule has 0 fully saturated rings. The van der Waals surface area contributed by atoms with Crippen molar-refractivity contribution < 1.29 is 13.2 Å². The molecule has 2 N–H and O–H groups in total. The van der Waals surface area contributed by atoms with Crippen LogP contribution in [0, 0.1) is 0 Å². The molecule has 0 atom stereocenters. The van der Waals surface area contributed by atoms with Gasteiger partial charge in [0.1, 0.15) is 0 Å². The van der Waals surface area contributed by atoms with Crippen molar-refractivity contribution in [3.8, 4) is 0 Å². The number of aromatic amines is 1. The molecule has 1 aliphatic carbocycles. The Bertz CT molecular complexity index is 1180. The van der Waals surface area contributed by atoms with Gasteiger partial charge in [-0.25, -0.2) is 8.42 Å². The first kappa shape index (κ1) is 18.7. The molecule has 1 heterocycles. The van der Waals surface area contributed by atoms with E-state index in [1.807, 2.05) is 38.1 Å². The second kappa shape index (κ2) is 7.09. The van der Waals surface area contributed by atoms with E-state index >= 15 is 0 Å². The molecular formula is C22H24N2O3S. The molecule has 0 unspecified atom stereocenters. The first-order chi connectivity index (χ1) is 13.4. The van der Waals surface area contributed by atoms with Crippen molar-refractivity contribution in [2.75, 3.05) is 4.72 Å². The smallest absolute Gasteiger partial charge is 0.262 e. The zero-order valence-corrected chi connectivity index (χ0v) is 16.9. The van der Waals surface area contributed by atoms with Crippen molar-refractivity contribution in [1.29, 1.82) is 0 Å². The Morgan fingerprint density at radius 3 is 2.64 bits per heavy atom. The molecule has 0 saturated heterocycles. The van der Waals surface area contributed by atoms with Gasteiger partial charge in [-0.3, -0.25) is 9.52 Å². The number of anilines is 1. The first-order valence-electron chi connectivity index (χ1n) is 9.75. The summed E-state index contributed by atoms with van der Waals surface area (Å²) in [5.41, 5.74) is 4.71. The number of Topliss-reactive ketones (excluding diaryl/α,β-unsaturated/α-hetero) is 1. The van der Waals surface area contributed by atoms with Gasteiger partial charge < -0.3 is 4.98 Å². The van der Waals surface area contributed by atoms with Crippen molar-refractivity contribution in [3.05, 3.63) is 58.8 Å². The predicted octanol–water partition coefficient (Wildman–Crippen LogP) is 4.61. The van der Waals surface area contributed by atoms with Gasteiger partial charge in [0.2, 0.25) is 0 Å². The first-order valence-corrected chi connectivity index (χ1v) is 11.2. The zero-order chi connectivity index (χ0) is 19.9. The molecule has 0 radical (unpaired) electrons. The molecule has 1 aromatic heterocycles. The van der Waals surface area contributed by atoms with E-state index in [0.29, 0.717) is 29.6 Å². The number of H-pyrrole nitrogens is 1. The molecule has 1 aliphatic rings. The fourth-order valence-electron chi connectivity index (χ4n) is 3.97. The van der Waals surface area contributed by atoms with Gasteiger partial charge in [-0.2, -0.15) is 0 Å². The van der Waals surface area contributed by atoms with Gasteiger partial charge in [0.25, 0.3) is 10.0 Å². The Balaban J connectivity index is 1.81. The van der Waals surface area contributed by atoms with Gasteiger partial charge >= 0.3 is 0 Å². The van der Waals surface area contributed by atoms with E-state index in [1.54, 1.807) is 12.1 Å². The van der Waals surface area contributed by atoms with E-state index in [0.717, 1.165) is 41.5 Å². The number of aryl methyl sites for hydroxylation is 3. The molecule has 28 heavy (non-hydrogen) atoms. The third-order valence-corrected chi connectivity index (χ3v) is 6.89. The third kappa shape index (κ3) is 3.22. The number of rotatable bonds is 5. The summed E-state index contributed by atoms with van der Waals surface area (Å²) in [5, 5.41) is 0.837. The number of aromatic nitrogens is 1. The number of carbonyl (C=O) groups excluding carboxylic acids is 1.